The summed E-state index contributed by atoms with van der Waals surface area (Å²) in [5.41, 5.74) is 10.3. The Morgan fingerprint density at radius 3 is 2.70 bits per heavy atom. The van der Waals surface area contributed by atoms with E-state index in [2.05, 4.69) is 47.3 Å². The summed E-state index contributed by atoms with van der Waals surface area (Å²) < 4.78 is 0. The molecule has 1 aliphatic heterocycles. The highest BCUT2D eigenvalue weighted by atomic mass is 15.2. The lowest BCUT2D eigenvalue weighted by molar-refractivity contribution is 0.216. The van der Waals surface area contributed by atoms with Gasteiger partial charge in [0.1, 0.15) is 0 Å². The fourth-order valence-corrected chi connectivity index (χ4v) is 3.73. The quantitative estimate of drug-likeness (QED) is 0.649. The number of hydrogen-bond acceptors (Lipinski definition) is 2. The van der Waals surface area contributed by atoms with Gasteiger partial charge in [-0.15, -0.1) is 0 Å². The maximum absolute atomic E-state index is 6.09. The molecular weight excluding hydrogens is 284 g/mol. The first-order valence-corrected chi connectivity index (χ1v) is 8.93. The largest absolute Gasteiger partial charge is 0.370 e. The molecule has 4 nitrogen and oxygen atoms in total. The van der Waals surface area contributed by atoms with E-state index in [4.69, 9.17) is 5.73 Å². The van der Waals surface area contributed by atoms with Gasteiger partial charge in [0.2, 0.25) is 0 Å². The van der Waals surface area contributed by atoms with Gasteiger partial charge in [0.25, 0.3) is 0 Å². The van der Waals surface area contributed by atoms with Gasteiger partial charge in [-0.2, -0.15) is 0 Å². The summed E-state index contributed by atoms with van der Waals surface area (Å²) in [6.07, 6.45) is 6.34. The normalized spacial score (nSPS) is 19.1. The zero-order valence-electron chi connectivity index (χ0n) is 14.6. The van der Waals surface area contributed by atoms with E-state index in [1.807, 2.05) is 0 Å². The van der Waals surface area contributed by atoms with Crippen LogP contribution in [-0.2, 0) is 12.8 Å². The van der Waals surface area contributed by atoms with Crippen molar-refractivity contribution >= 4 is 11.6 Å². The fourth-order valence-electron chi connectivity index (χ4n) is 3.73. The Kier molecular flexibility index (Phi) is 4.90. The van der Waals surface area contributed by atoms with Gasteiger partial charge in [0.05, 0.1) is 0 Å². The molecule has 1 heterocycles. The zero-order valence-corrected chi connectivity index (χ0v) is 14.6. The first kappa shape index (κ1) is 16.3. The molecule has 3 N–H and O–H groups in total. The topological polar surface area (TPSA) is 53.6 Å². The Morgan fingerprint density at radius 2 is 1.91 bits per heavy atom. The van der Waals surface area contributed by atoms with Crippen LogP contribution in [0, 0.1) is 5.41 Å². The van der Waals surface area contributed by atoms with Crippen LogP contribution in [0.1, 0.15) is 44.2 Å². The summed E-state index contributed by atoms with van der Waals surface area (Å²) in [5, 5.41) is 3.25. The number of guanidine groups is 1. The van der Waals surface area contributed by atoms with Gasteiger partial charge in [-0.05, 0) is 73.9 Å². The third-order valence-corrected chi connectivity index (χ3v) is 4.90. The Morgan fingerprint density at radius 1 is 1.17 bits per heavy atom. The van der Waals surface area contributed by atoms with E-state index in [0.29, 0.717) is 5.96 Å². The Labute approximate surface area is 140 Å². The number of anilines is 1. The van der Waals surface area contributed by atoms with Crippen LogP contribution < -0.4 is 11.1 Å². The van der Waals surface area contributed by atoms with Crippen LogP contribution in [-0.4, -0.2) is 37.0 Å². The maximum atomic E-state index is 6.09. The molecule has 0 saturated carbocycles. The van der Waals surface area contributed by atoms with E-state index in [1.54, 1.807) is 0 Å². The average molecular weight is 314 g/mol. The van der Waals surface area contributed by atoms with Gasteiger partial charge < -0.3 is 16.0 Å². The van der Waals surface area contributed by atoms with Gasteiger partial charge in [-0.25, -0.2) is 0 Å². The molecule has 0 aromatic heterocycles. The molecule has 1 aromatic rings. The molecule has 0 unspecified atom stereocenters. The highest BCUT2D eigenvalue weighted by molar-refractivity contribution is 5.92. The van der Waals surface area contributed by atoms with Crippen molar-refractivity contribution in [2.75, 3.05) is 31.5 Å². The number of benzene rings is 1. The molecule has 1 aromatic carbocycles. The number of likely N-dealkylation sites (tertiary alicyclic amines) is 1. The molecule has 1 saturated heterocycles. The zero-order chi connectivity index (χ0) is 16.3. The standard InChI is InChI=1S/C19H30N4/c1-19(2,14-23-10-3-4-11-23)13-21-18(20)22-17-9-8-15-6-5-7-16(15)12-17/h8-9,12H,3-7,10-11,13-14H2,1-2H3,(H3,20,21,22). The van der Waals surface area contributed by atoms with E-state index in [0.717, 1.165) is 18.8 Å². The van der Waals surface area contributed by atoms with E-state index < -0.39 is 0 Å². The first-order valence-electron chi connectivity index (χ1n) is 8.93. The number of aliphatic imine (C=N–C) groups is 1. The smallest absolute Gasteiger partial charge is 0.193 e. The lowest BCUT2D eigenvalue weighted by atomic mass is 9.93. The molecule has 0 radical (unpaired) electrons. The number of aryl methyl sites for hydroxylation is 2. The molecule has 1 aliphatic carbocycles. The number of nitrogens with two attached hydrogens (primary N) is 1. The molecule has 0 atom stereocenters. The van der Waals surface area contributed by atoms with Crippen LogP contribution in [0.2, 0.25) is 0 Å². The van der Waals surface area contributed by atoms with Crippen LogP contribution in [0.25, 0.3) is 0 Å². The molecule has 23 heavy (non-hydrogen) atoms. The molecule has 1 fully saturated rings. The van der Waals surface area contributed by atoms with Crippen molar-refractivity contribution in [3.63, 3.8) is 0 Å². The van der Waals surface area contributed by atoms with Crippen LogP contribution in [0.3, 0.4) is 0 Å². The van der Waals surface area contributed by atoms with E-state index >= 15 is 0 Å². The summed E-state index contributed by atoms with van der Waals surface area (Å²) in [5.74, 6) is 0.525. The summed E-state index contributed by atoms with van der Waals surface area (Å²) >= 11 is 0. The van der Waals surface area contributed by atoms with Crippen LogP contribution in [0.5, 0.6) is 0 Å². The molecule has 126 valence electrons. The molecule has 2 aliphatic rings. The van der Waals surface area contributed by atoms with Crippen LogP contribution >= 0.6 is 0 Å². The van der Waals surface area contributed by atoms with Gasteiger partial charge in [0.15, 0.2) is 5.96 Å². The van der Waals surface area contributed by atoms with Gasteiger partial charge in [-0.3, -0.25) is 4.99 Å². The molecule has 3 rings (SSSR count). The van der Waals surface area contributed by atoms with Crippen LogP contribution in [0.4, 0.5) is 5.69 Å². The van der Waals surface area contributed by atoms with Gasteiger partial charge in [-0.1, -0.05) is 19.9 Å². The third kappa shape index (κ3) is 4.47. The summed E-state index contributed by atoms with van der Waals surface area (Å²) in [6, 6.07) is 6.55. The molecule has 4 heteroatoms. The highest BCUT2D eigenvalue weighted by Crippen LogP contribution is 2.25. The number of hydrogen-bond donors (Lipinski definition) is 2. The van der Waals surface area contributed by atoms with E-state index in [1.165, 1.54) is 56.3 Å². The average Bonchev–Trinajstić information content (AvgIpc) is 3.15. The monoisotopic (exact) mass is 314 g/mol. The van der Waals surface area contributed by atoms with Crippen LogP contribution in [0.15, 0.2) is 23.2 Å². The predicted molar refractivity (Wildman–Crippen MR) is 98.0 cm³/mol. The summed E-state index contributed by atoms with van der Waals surface area (Å²) in [6.45, 7) is 8.87. The van der Waals surface area contributed by atoms with Gasteiger partial charge >= 0.3 is 0 Å². The van der Waals surface area contributed by atoms with Gasteiger partial charge in [0, 0.05) is 18.8 Å². The van der Waals surface area contributed by atoms with Crippen molar-refractivity contribution in [1.29, 1.82) is 0 Å². The highest BCUT2D eigenvalue weighted by Gasteiger charge is 2.23. The number of nitrogens with one attached hydrogen (secondary N) is 1. The fraction of sp³-hybridized carbons (Fsp3) is 0.632. The van der Waals surface area contributed by atoms with E-state index in [9.17, 15) is 0 Å². The van der Waals surface area contributed by atoms with Crippen molar-refractivity contribution in [2.45, 2.75) is 46.0 Å². The first-order chi connectivity index (χ1) is 11.0. The SMILES string of the molecule is CC(C)(CN=C(N)Nc1ccc2c(c1)CCC2)CN1CCCC1. The molecule has 0 bridgehead atoms. The molecule has 0 amide bonds. The van der Waals surface area contributed by atoms with Crippen molar-refractivity contribution in [1.82, 2.24) is 4.90 Å². The van der Waals surface area contributed by atoms with Crippen molar-refractivity contribution < 1.29 is 0 Å². The second kappa shape index (κ2) is 6.91. The Balaban J connectivity index is 1.54. The molecular formula is C19H30N4. The Bertz CT molecular complexity index is 571. The lowest BCUT2D eigenvalue weighted by Gasteiger charge is -2.28. The minimum Gasteiger partial charge on any atom is -0.370 e. The number of fused-ring (bicyclic) bond motifs is 1. The number of nitrogens with zero attached hydrogens (tertiary/aromatic N) is 2. The molecule has 0 spiro atoms. The minimum absolute atomic E-state index is 0.161. The third-order valence-electron chi connectivity index (χ3n) is 4.90. The summed E-state index contributed by atoms with van der Waals surface area (Å²) in [7, 11) is 0. The van der Waals surface area contributed by atoms with E-state index in [-0.39, 0.29) is 5.41 Å². The van der Waals surface area contributed by atoms with Crippen molar-refractivity contribution in [3.8, 4) is 0 Å². The predicted octanol–water partition coefficient (Wildman–Crippen LogP) is 3.02. The van der Waals surface area contributed by atoms with Crippen molar-refractivity contribution in [3.05, 3.63) is 29.3 Å². The maximum Gasteiger partial charge on any atom is 0.193 e. The number of rotatable bonds is 5. The Hall–Kier alpha value is -1.55. The second-order valence-electron chi connectivity index (χ2n) is 7.81. The minimum atomic E-state index is 0.161. The van der Waals surface area contributed by atoms with Crippen molar-refractivity contribution in [2.24, 2.45) is 16.1 Å². The summed E-state index contributed by atoms with van der Waals surface area (Å²) in [4.78, 5) is 7.12. The second-order valence-corrected chi connectivity index (χ2v) is 7.81. The lowest BCUT2D eigenvalue weighted by Crippen LogP contribution is -2.35.